The van der Waals surface area contributed by atoms with Crippen LogP contribution in [0.3, 0.4) is 0 Å². The van der Waals surface area contributed by atoms with Crippen molar-refractivity contribution in [3.63, 3.8) is 0 Å². The second-order valence-corrected chi connectivity index (χ2v) is 12.9. The number of carbonyl (C=O) groups excluding carboxylic acids is 1. The highest BCUT2D eigenvalue weighted by molar-refractivity contribution is 7.92. The number of halogens is 2. The summed E-state index contributed by atoms with van der Waals surface area (Å²) in [5.74, 6) is -2.40. The van der Waals surface area contributed by atoms with Crippen molar-refractivity contribution in [3.8, 4) is 22.6 Å². The normalized spacial score (nSPS) is 16.4. The fourth-order valence-corrected chi connectivity index (χ4v) is 7.33. The van der Waals surface area contributed by atoms with E-state index in [4.69, 9.17) is 21.1 Å². The highest BCUT2D eigenvalue weighted by Crippen LogP contribution is 2.42. The van der Waals surface area contributed by atoms with Gasteiger partial charge < -0.3 is 19.7 Å². The second-order valence-electron chi connectivity index (χ2n) is 9.00. The van der Waals surface area contributed by atoms with Gasteiger partial charge in [0.15, 0.2) is 9.84 Å². The number of phenolic OH excluding ortho intramolecular Hbond substituents is 2. The lowest BCUT2D eigenvalue weighted by Crippen LogP contribution is -2.41. The fraction of sp³-hybridized carbons (Fsp3) is 0.346. The van der Waals surface area contributed by atoms with Gasteiger partial charge in [-0.05, 0) is 55.3 Å². The highest BCUT2D eigenvalue weighted by atomic mass is 35.5. The zero-order valence-corrected chi connectivity index (χ0v) is 22.9. The quantitative estimate of drug-likeness (QED) is 0.271. The van der Waals surface area contributed by atoms with E-state index in [1.54, 1.807) is 0 Å². The number of ether oxygens (including phenoxy) is 2. The Morgan fingerprint density at radius 3 is 2.71 bits per heavy atom. The predicted octanol–water partition coefficient (Wildman–Crippen LogP) is 4.86. The summed E-state index contributed by atoms with van der Waals surface area (Å²) in [7, 11) is -3.91. The van der Waals surface area contributed by atoms with Crippen LogP contribution in [0.5, 0.6) is 11.5 Å². The number of aromatic hydroxyl groups is 2. The zero-order valence-electron chi connectivity index (χ0n) is 20.5. The summed E-state index contributed by atoms with van der Waals surface area (Å²) in [6, 6.07) is 8.54. The topological polar surface area (TPSA) is 113 Å². The number of sulfone groups is 1. The lowest BCUT2D eigenvalue weighted by Gasteiger charge is -2.30. The third-order valence-electron chi connectivity index (χ3n) is 6.04. The van der Waals surface area contributed by atoms with E-state index in [1.807, 2.05) is 6.92 Å². The number of nitrogens with zero attached hydrogens (tertiary/aromatic N) is 1. The molecule has 3 aromatic rings. The SMILES string of the molecule is CC1CN(CCCOC(=O)c2ccc(CS(=O)(=O)c3cc(-c4cc(F)ccc4O)c(Cl)s3)cc2O)CCO1. The van der Waals surface area contributed by atoms with Crippen LogP contribution in [-0.4, -0.2) is 68.5 Å². The van der Waals surface area contributed by atoms with Gasteiger partial charge in [0.1, 0.15) is 31.4 Å². The van der Waals surface area contributed by atoms with Crippen LogP contribution in [0.1, 0.15) is 29.3 Å². The van der Waals surface area contributed by atoms with Crippen LogP contribution >= 0.6 is 22.9 Å². The number of benzene rings is 2. The van der Waals surface area contributed by atoms with Crippen LogP contribution in [0.4, 0.5) is 4.39 Å². The Morgan fingerprint density at radius 2 is 1.97 bits per heavy atom. The minimum absolute atomic E-state index is 0.0609. The molecule has 2 N–H and O–H groups in total. The van der Waals surface area contributed by atoms with Crippen molar-refractivity contribution in [3.05, 3.63) is 63.7 Å². The zero-order chi connectivity index (χ0) is 27.4. The maximum atomic E-state index is 13.7. The first-order valence-corrected chi connectivity index (χ1v) is 14.7. The standard InChI is InChI=1S/C26H27ClFNO7S2/c1-16-14-29(8-10-35-16)7-2-9-36-26(32)19-5-3-17(11-23(19)31)15-38(33,34)24-13-21(25(27)37-24)20-12-18(28)4-6-22(20)30/h3-6,11-13,16,30-31H,2,7-10,14-15H2,1H3. The van der Waals surface area contributed by atoms with Crippen LogP contribution in [-0.2, 0) is 25.1 Å². The maximum Gasteiger partial charge on any atom is 0.341 e. The van der Waals surface area contributed by atoms with E-state index in [9.17, 15) is 27.8 Å². The fourth-order valence-electron chi connectivity index (χ4n) is 4.16. The Labute approximate surface area is 229 Å². The van der Waals surface area contributed by atoms with Crippen LogP contribution in [0, 0.1) is 5.82 Å². The molecule has 204 valence electrons. The lowest BCUT2D eigenvalue weighted by molar-refractivity contribution is -0.0203. The molecule has 0 radical (unpaired) electrons. The largest absolute Gasteiger partial charge is 0.507 e. The van der Waals surface area contributed by atoms with E-state index in [1.165, 1.54) is 24.3 Å². The van der Waals surface area contributed by atoms with Crippen LogP contribution < -0.4 is 0 Å². The number of rotatable bonds is 9. The van der Waals surface area contributed by atoms with Gasteiger partial charge in [-0.15, -0.1) is 11.3 Å². The van der Waals surface area contributed by atoms with E-state index >= 15 is 0 Å². The third-order valence-corrected chi connectivity index (χ3v) is 9.64. The Bertz CT molecular complexity index is 1430. The Hall–Kier alpha value is -2.70. The Morgan fingerprint density at radius 1 is 1.18 bits per heavy atom. The summed E-state index contributed by atoms with van der Waals surface area (Å²) in [6.45, 7) is 5.28. The van der Waals surface area contributed by atoms with Gasteiger partial charge in [-0.25, -0.2) is 17.6 Å². The Kier molecular flexibility index (Phi) is 8.94. The summed E-state index contributed by atoms with van der Waals surface area (Å²) in [6.07, 6.45) is 0.806. The lowest BCUT2D eigenvalue weighted by atomic mass is 10.1. The number of hydrogen-bond acceptors (Lipinski definition) is 9. The average Bonchev–Trinajstić information content (AvgIpc) is 3.25. The molecular formula is C26H27ClFNO7S2. The first-order valence-electron chi connectivity index (χ1n) is 11.9. The molecular weight excluding hydrogens is 557 g/mol. The van der Waals surface area contributed by atoms with Crippen LogP contribution in [0.25, 0.3) is 11.1 Å². The van der Waals surface area contributed by atoms with Gasteiger partial charge in [-0.2, -0.15) is 0 Å². The van der Waals surface area contributed by atoms with Crippen LogP contribution in [0.2, 0.25) is 4.34 Å². The van der Waals surface area contributed by atoms with Gasteiger partial charge in [0.05, 0.1) is 25.1 Å². The molecule has 0 saturated carbocycles. The molecule has 1 aromatic heterocycles. The summed E-state index contributed by atoms with van der Waals surface area (Å²) in [4.78, 5) is 14.7. The van der Waals surface area contributed by atoms with Gasteiger partial charge in [-0.1, -0.05) is 17.7 Å². The smallest absolute Gasteiger partial charge is 0.341 e. The highest BCUT2D eigenvalue weighted by Gasteiger charge is 2.24. The summed E-state index contributed by atoms with van der Waals surface area (Å²) in [5, 5.41) is 20.4. The molecule has 2 aromatic carbocycles. The number of phenols is 2. The minimum atomic E-state index is -3.91. The molecule has 1 atom stereocenters. The number of esters is 1. The van der Waals surface area contributed by atoms with Crippen molar-refractivity contribution in [2.75, 3.05) is 32.8 Å². The molecule has 38 heavy (non-hydrogen) atoms. The minimum Gasteiger partial charge on any atom is -0.507 e. The van der Waals surface area contributed by atoms with Gasteiger partial charge in [0.25, 0.3) is 0 Å². The number of hydrogen-bond donors (Lipinski definition) is 2. The van der Waals surface area contributed by atoms with Gasteiger partial charge in [0, 0.05) is 30.8 Å². The number of carbonyl (C=O) groups is 1. The van der Waals surface area contributed by atoms with E-state index in [2.05, 4.69) is 4.90 Å². The molecule has 4 rings (SSSR count). The first-order chi connectivity index (χ1) is 18.0. The van der Waals surface area contributed by atoms with Gasteiger partial charge >= 0.3 is 5.97 Å². The number of morpholine rings is 1. The van der Waals surface area contributed by atoms with Gasteiger partial charge in [-0.3, -0.25) is 4.90 Å². The third kappa shape index (κ3) is 6.83. The molecule has 2 heterocycles. The van der Waals surface area contributed by atoms with Crippen molar-refractivity contribution in [1.82, 2.24) is 4.90 Å². The molecule has 1 saturated heterocycles. The van der Waals surface area contributed by atoms with Crippen molar-refractivity contribution >= 4 is 38.7 Å². The molecule has 12 heteroatoms. The van der Waals surface area contributed by atoms with E-state index in [-0.39, 0.29) is 55.0 Å². The summed E-state index contributed by atoms with van der Waals surface area (Å²) < 4.78 is 50.5. The van der Waals surface area contributed by atoms with Crippen molar-refractivity contribution < 1.29 is 37.3 Å². The monoisotopic (exact) mass is 583 g/mol. The molecule has 0 aliphatic carbocycles. The molecule has 8 nitrogen and oxygen atoms in total. The average molecular weight is 584 g/mol. The number of thiophene rings is 1. The molecule has 0 spiro atoms. The predicted molar refractivity (Wildman–Crippen MR) is 142 cm³/mol. The Balaban J connectivity index is 1.38. The maximum absolute atomic E-state index is 13.7. The van der Waals surface area contributed by atoms with E-state index in [0.717, 1.165) is 49.2 Å². The molecule has 0 amide bonds. The molecule has 1 aliphatic heterocycles. The van der Waals surface area contributed by atoms with E-state index in [0.29, 0.717) is 13.0 Å². The van der Waals surface area contributed by atoms with Gasteiger partial charge in [0.2, 0.25) is 0 Å². The van der Waals surface area contributed by atoms with E-state index < -0.39 is 27.4 Å². The molecule has 1 unspecified atom stereocenters. The molecule has 1 aliphatic rings. The molecule has 0 bridgehead atoms. The van der Waals surface area contributed by atoms with Crippen LogP contribution in [0.15, 0.2) is 46.7 Å². The first kappa shape index (κ1) is 28.3. The summed E-state index contributed by atoms with van der Waals surface area (Å²) >= 11 is 7.00. The summed E-state index contributed by atoms with van der Waals surface area (Å²) in [5.41, 5.74) is 0.457. The van der Waals surface area contributed by atoms with Crippen molar-refractivity contribution in [2.24, 2.45) is 0 Å². The second kappa shape index (κ2) is 12.0. The molecule has 1 fully saturated rings. The van der Waals surface area contributed by atoms with Crippen molar-refractivity contribution in [2.45, 2.75) is 29.4 Å². The van der Waals surface area contributed by atoms with Crippen molar-refractivity contribution in [1.29, 1.82) is 0 Å².